The molecule has 0 atom stereocenters. The molecule has 286 valence electrons. The van der Waals surface area contributed by atoms with Gasteiger partial charge in [0.1, 0.15) is 15.7 Å². The number of amides is 1. The molecule has 3 aromatic carbocycles. The summed E-state index contributed by atoms with van der Waals surface area (Å²) in [4.78, 5) is 30.4. The number of carbonyl (C=O) groups is 2. The lowest BCUT2D eigenvalue weighted by atomic mass is 9.84. The van der Waals surface area contributed by atoms with Crippen molar-refractivity contribution < 1.29 is 45.4 Å². The molecule has 54 heavy (non-hydrogen) atoms. The van der Waals surface area contributed by atoms with Crippen LogP contribution in [0.15, 0.2) is 59.6 Å². The van der Waals surface area contributed by atoms with Gasteiger partial charge >= 0.3 is 5.97 Å². The van der Waals surface area contributed by atoms with Crippen LogP contribution in [0.25, 0.3) is 0 Å². The Morgan fingerprint density at radius 2 is 1.63 bits per heavy atom. The normalized spacial score (nSPS) is 14.7. The maximum absolute atomic E-state index is 15.3. The van der Waals surface area contributed by atoms with E-state index in [0.717, 1.165) is 24.0 Å². The Labute approximate surface area is 315 Å². The quantitative estimate of drug-likeness (QED) is 0.0822. The number of halogens is 5. The lowest BCUT2D eigenvalue weighted by Crippen LogP contribution is -2.43. The van der Waals surface area contributed by atoms with Crippen LogP contribution in [0.3, 0.4) is 0 Å². The van der Waals surface area contributed by atoms with E-state index in [-0.39, 0.29) is 40.6 Å². The molecule has 1 amide bonds. The zero-order valence-electron chi connectivity index (χ0n) is 29.9. The first-order chi connectivity index (χ1) is 25.4. The smallest absolute Gasteiger partial charge is 0.335 e. The number of ether oxygens (including phenoxy) is 1. The number of aromatic nitrogens is 1. The van der Waals surface area contributed by atoms with Crippen molar-refractivity contribution in [2.75, 3.05) is 11.4 Å². The van der Waals surface area contributed by atoms with Gasteiger partial charge < -0.3 is 14.7 Å². The molecular formula is C39H38ClF4N3O6S. The maximum Gasteiger partial charge on any atom is 0.335 e. The van der Waals surface area contributed by atoms with Crippen LogP contribution in [0.5, 0.6) is 5.75 Å². The van der Waals surface area contributed by atoms with E-state index in [1.807, 2.05) is 32.9 Å². The molecule has 1 aromatic heterocycles. The van der Waals surface area contributed by atoms with Crippen molar-refractivity contribution in [1.82, 2.24) is 9.29 Å². The number of carboxylic acid groups (broad SMARTS) is 1. The Balaban J connectivity index is 1.50. The van der Waals surface area contributed by atoms with Gasteiger partial charge in [0.15, 0.2) is 23.3 Å². The van der Waals surface area contributed by atoms with Gasteiger partial charge in [0.25, 0.3) is 0 Å². The monoisotopic (exact) mass is 787 g/mol. The maximum atomic E-state index is 15.3. The van der Waals surface area contributed by atoms with Crippen molar-refractivity contribution in [3.63, 3.8) is 0 Å². The van der Waals surface area contributed by atoms with Crippen molar-refractivity contribution in [3.8, 4) is 5.75 Å². The zero-order chi connectivity index (χ0) is 39.3. The number of nitrogens with zero attached hydrogens (tertiary/aromatic N) is 3. The van der Waals surface area contributed by atoms with Gasteiger partial charge in [-0.1, -0.05) is 56.6 Å². The molecule has 2 aliphatic carbocycles. The summed E-state index contributed by atoms with van der Waals surface area (Å²) >= 11 is 5.85. The molecule has 4 aromatic rings. The van der Waals surface area contributed by atoms with E-state index in [1.54, 1.807) is 6.92 Å². The van der Waals surface area contributed by atoms with Crippen LogP contribution < -0.4 is 9.64 Å². The Kier molecular flexibility index (Phi) is 10.8. The molecule has 6 rings (SSSR count). The first-order valence-corrected chi connectivity index (χ1v) is 19.1. The number of anilines is 1. The minimum atomic E-state index is -5.40. The van der Waals surface area contributed by atoms with Crippen molar-refractivity contribution >= 4 is 39.2 Å². The molecule has 0 saturated heterocycles. The lowest BCUT2D eigenvalue weighted by molar-refractivity contribution is -0.119. The fourth-order valence-corrected chi connectivity index (χ4v) is 7.93. The summed E-state index contributed by atoms with van der Waals surface area (Å²) in [6.45, 7) is 5.90. The topological polar surface area (TPSA) is 117 Å². The number of aryl methyl sites for hydroxylation is 1. The zero-order valence-corrected chi connectivity index (χ0v) is 31.5. The second-order valence-electron chi connectivity index (χ2n) is 14.7. The summed E-state index contributed by atoms with van der Waals surface area (Å²) in [7, 11) is -5.40. The number of rotatable bonds is 13. The van der Waals surface area contributed by atoms with Crippen LogP contribution in [0.4, 0.5) is 23.2 Å². The molecule has 2 fully saturated rings. The number of carboxylic acids is 1. The minimum absolute atomic E-state index is 0.0643. The third-order valence-corrected chi connectivity index (χ3v) is 11.7. The second-order valence-corrected chi connectivity index (χ2v) is 16.9. The highest BCUT2D eigenvalue weighted by molar-refractivity contribution is 7.89. The Morgan fingerprint density at radius 3 is 2.24 bits per heavy atom. The van der Waals surface area contributed by atoms with E-state index >= 15 is 4.39 Å². The summed E-state index contributed by atoms with van der Waals surface area (Å²) in [5, 5.41) is 8.25. The van der Waals surface area contributed by atoms with Gasteiger partial charge in [0.2, 0.25) is 15.9 Å². The largest absolute Gasteiger partial charge is 0.488 e. The summed E-state index contributed by atoms with van der Waals surface area (Å²) in [6, 6.07) is 13.0. The molecule has 1 N–H and O–H groups in total. The van der Waals surface area contributed by atoms with E-state index in [0.29, 0.717) is 34.3 Å². The van der Waals surface area contributed by atoms with Crippen LogP contribution >= 0.6 is 11.6 Å². The average Bonchev–Trinajstić information content (AvgIpc) is 4.05. The highest BCUT2D eigenvalue weighted by Gasteiger charge is 2.39. The SMILES string of the molecule is Cc1ncccc1CN(CC(=O)N(Cc1cc(C2CC2)cc(C(C)(C)C)c1)c1ccc(C(=O)O)cc1OC1CC1)S(=O)(=O)c1c(F)c(F)c(F)c(F)c1Cl. The number of hydrogen-bond acceptors (Lipinski definition) is 6. The van der Waals surface area contributed by atoms with Crippen LogP contribution in [0.2, 0.25) is 5.02 Å². The molecule has 0 bridgehead atoms. The molecule has 2 saturated carbocycles. The molecule has 0 radical (unpaired) electrons. The van der Waals surface area contributed by atoms with E-state index in [1.165, 1.54) is 41.4 Å². The highest BCUT2D eigenvalue weighted by atomic mass is 35.5. The number of sulfonamides is 1. The lowest BCUT2D eigenvalue weighted by Gasteiger charge is -2.30. The van der Waals surface area contributed by atoms with Crippen molar-refractivity contribution in [2.24, 2.45) is 0 Å². The number of pyridine rings is 1. The van der Waals surface area contributed by atoms with Gasteiger partial charge in [0, 0.05) is 18.4 Å². The molecule has 15 heteroatoms. The number of benzene rings is 3. The van der Waals surface area contributed by atoms with Gasteiger partial charge in [-0.25, -0.2) is 30.8 Å². The number of aromatic carboxylic acids is 1. The summed E-state index contributed by atoms with van der Waals surface area (Å²) in [5.41, 5.74) is 3.07. The number of carbonyl (C=O) groups excluding carboxylic acids is 1. The molecule has 0 aliphatic heterocycles. The highest BCUT2D eigenvalue weighted by Crippen LogP contribution is 2.43. The fraction of sp³-hybridized carbons (Fsp3) is 0.359. The molecule has 1 heterocycles. The molecule has 0 spiro atoms. The van der Waals surface area contributed by atoms with E-state index < -0.39 is 68.2 Å². The molecular weight excluding hydrogens is 750 g/mol. The molecule has 9 nitrogen and oxygen atoms in total. The predicted molar refractivity (Wildman–Crippen MR) is 193 cm³/mol. The first kappa shape index (κ1) is 39.2. The number of hydrogen-bond donors (Lipinski definition) is 1. The van der Waals surface area contributed by atoms with Gasteiger partial charge in [-0.3, -0.25) is 9.78 Å². The Bertz CT molecular complexity index is 2230. The van der Waals surface area contributed by atoms with E-state index in [9.17, 15) is 36.3 Å². The van der Waals surface area contributed by atoms with Crippen LogP contribution in [-0.2, 0) is 33.3 Å². The predicted octanol–water partition coefficient (Wildman–Crippen LogP) is 8.44. The van der Waals surface area contributed by atoms with E-state index in [4.69, 9.17) is 16.3 Å². The van der Waals surface area contributed by atoms with Gasteiger partial charge in [-0.15, -0.1) is 0 Å². The third-order valence-electron chi connectivity index (χ3n) is 9.43. The second kappa shape index (κ2) is 15.0. The van der Waals surface area contributed by atoms with Crippen molar-refractivity contribution in [1.29, 1.82) is 0 Å². The molecule has 2 aliphatic rings. The van der Waals surface area contributed by atoms with Crippen LogP contribution in [0.1, 0.15) is 90.7 Å². The fourth-order valence-electron chi connectivity index (χ4n) is 5.99. The van der Waals surface area contributed by atoms with Crippen LogP contribution in [-0.4, -0.2) is 47.3 Å². The van der Waals surface area contributed by atoms with E-state index in [2.05, 4.69) is 11.1 Å². The first-order valence-electron chi connectivity index (χ1n) is 17.3. The van der Waals surface area contributed by atoms with Crippen molar-refractivity contribution in [2.45, 2.75) is 88.8 Å². The minimum Gasteiger partial charge on any atom is -0.488 e. The van der Waals surface area contributed by atoms with Crippen LogP contribution in [0, 0.1) is 30.2 Å². The summed E-state index contributed by atoms with van der Waals surface area (Å²) in [6.07, 6.45) is 4.57. The van der Waals surface area contributed by atoms with Gasteiger partial charge in [-0.05, 0) is 90.5 Å². The third kappa shape index (κ3) is 8.25. The standard InChI is InChI=1S/C39H38ClF4N3O6S/c1-21-25(6-5-13-45-21)19-46(54(51,52)37-32(40)33(41)34(42)35(43)36(37)44)20-31(48)47(29-12-9-24(38(49)50)17-30(29)53-28-10-11-28)18-22-14-26(23-7-8-23)16-27(15-22)39(2,3)4/h5-6,9,12-17,23,28H,7-8,10-11,18-20H2,1-4H3,(H,49,50). The summed E-state index contributed by atoms with van der Waals surface area (Å²) in [5.74, 6) is -10.8. The van der Waals surface area contributed by atoms with Crippen molar-refractivity contribution in [3.05, 3.63) is 117 Å². The molecule has 0 unspecified atom stereocenters. The van der Waals surface area contributed by atoms with Gasteiger partial charge in [0.05, 0.1) is 30.4 Å². The Hall–Kier alpha value is -4.53. The average molecular weight is 788 g/mol. The summed E-state index contributed by atoms with van der Waals surface area (Å²) < 4.78 is 93.8. The van der Waals surface area contributed by atoms with Gasteiger partial charge in [-0.2, -0.15) is 4.31 Å². The Morgan fingerprint density at radius 1 is 0.944 bits per heavy atom.